The van der Waals surface area contributed by atoms with Crippen molar-refractivity contribution < 1.29 is 19.2 Å². The highest BCUT2D eigenvalue weighted by atomic mass is 16.5. The second-order valence-corrected chi connectivity index (χ2v) is 5.56. The molecule has 20 heavy (non-hydrogen) atoms. The third-order valence-electron chi connectivity index (χ3n) is 3.29. The molecule has 0 aromatic carbocycles. The molecule has 2 unspecified atom stereocenters. The average molecular weight is 283 g/mol. The van der Waals surface area contributed by atoms with Gasteiger partial charge in [-0.1, -0.05) is 19.0 Å². The van der Waals surface area contributed by atoms with Crippen LogP contribution in [0.25, 0.3) is 0 Å². The summed E-state index contributed by atoms with van der Waals surface area (Å²) in [6, 6.07) is -0.443. The minimum Gasteiger partial charge on any atom is -0.468 e. The Morgan fingerprint density at radius 1 is 1.60 bits per heavy atom. The number of aliphatic hydroxyl groups is 1. The smallest absolute Gasteiger partial charge is 0.323 e. The largest absolute Gasteiger partial charge is 0.468 e. The van der Waals surface area contributed by atoms with Crippen molar-refractivity contribution in [2.75, 3.05) is 13.7 Å². The lowest BCUT2D eigenvalue weighted by atomic mass is 10.1. The van der Waals surface area contributed by atoms with Gasteiger partial charge in [-0.25, -0.2) is 0 Å². The maximum absolute atomic E-state index is 11.7. The average Bonchev–Trinajstić information content (AvgIpc) is 2.95. The molecule has 0 saturated carbocycles. The number of hydrogen-bond acceptors (Lipinski definition) is 7. The predicted octanol–water partition coefficient (Wildman–Crippen LogP) is 0.376. The second-order valence-electron chi connectivity index (χ2n) is 5.56. The van der Waals surface area contributed by atoms with Crippen LogP contribution in [-0.4, -0.2) is 51.9 Å². The zero-order valence-electron chi connectivity index (χ0n) is 12.1. The van der Waals surface area contributed by atoms with E-state index in [0.717, 1.165) is 6.42 Å². The minimum atomic E-state index is -0.527. The van der Waals surface area contributed by atoms with E-state index in [1.807, 2.05) is 4.90 Å². The van der Waals surface area contributed by atoms with Crippen LogP contribution >= 0.6 is 0 Å². The van der Waals surface area contributed by atoms with Crippen molar-refractivity contribution in [3.63, 3.8) is 0 Å². The van der Waals surface area contributed by atoms with Crippen molar-refractivity contribution in [2.45, 2.75) is 45.4 Å². The molecule has 1 aliphatic rings. The van der Waals surface area contributed by atoms with Gasteiger partial charge in [-0.2, -0.15) is 4.98 Å². The molecule has 1 fully saturated rings. The quantitative estimate of drug-likeness (QED) is 0.781. The number of likely N-dealkylation sites (tertiary alicyclic amines) is 1. The molecule has 2 heterocycles. The number of carbonyl (C=O) groups is 1. The number of rotatable bonds is 5. The van der Waals surface area contributed by atoms with E-state index < -0.39 is 12.1 Å². The van der Waals surface area contributed by atoms with E-state index in [0.29, 0.717) is 37.1 Å². The van der Waals surface area contributed by atoms with Crippen molar-refractivity contribution in [3.8, 4) is 0 Å². The van der Waals surface area contributed by atoms with E-state index in [-0.39, 0.29) is 5.97 Å². The first-order chi connectivity index (χ1) is 9.49. The summed E-state index contributed by atoms with van der Waals surface area (Å²) >= 11 is 0. The summed E-state index contributed by atoms with van der Waals surface area (Å²) in [6.07, 6.45) is 0.584. The van der Waals surface area contributed by atoms with E-state index in [9.17, 15) is 9.90 Å². The van der Waals surface area contributed by atoms with Crippen LogP contribution in [0.1, 0.15) is 32.0 Å². The molecule has 1 N–H and O–H groups in total. The summed E-state index contributed by atoms with van der Waals surface area (Å²) in [5, 5.41) is 13.6. The summed E-state index contributed by atoms with van der Waals surface area (Å²) in [4.78, 5) is 17.8. The number of aromatic nitrogens is 2. The van der Waals surface area contributed by atoms with Gasteiger partial charge >= 0.3 is 5.97 Å². The van der Waals surface area contributed by atoms with Crippen LogP contribution in [0.5, 0.6) is 0 Å². The lowest BCUT2D eigenvalue weighted by Gasteiger charge is -2.19. The monoisotopic (exact) mass is 283 g/mol. The van der Waals surface area contributed by atoms with E-state index in [2.05, 4.69) is 24.0 Å². The van der Waals surface area contributed by atoms with Gasteiger partial charge in [0.2, 0.25) is 5.89 Å². The molecule has 1 aliphatic heterocycles. The first-order valence-corrected chi connectivity index (χ1v) is 6.81. The zero-order valence-corrected chi connectivity index (χ0v) is 12.1. The Labute approximate surface area is 117 Å². The third kappa shape index (κ3) is 3.55. The molecule has 0 spiro atoms. The summed E-state index contributed by atoms with van der Waals surface area (Å²) in [5.74, 6) is 1.24. The van der Waals surface area contributed by atoms with Crippen molar-refractivity contribution in [2.24, 2.45) is 5.92 Å². The van der Waals surface area contributed by atoms with E-state index in [1.165, 1.54) is 7.11 Å². The molecule has 7 heteroatoms. The summed E-state index contributed by atoms with van der Waals surface area (Å²) < 4.78 is 9.92. The van der Waals surface area contributed by atoms with Crippen LogP contribution in [0, 0.1) is 5.92 Å². The van der Waals surface area contributed by atoms with Gasteiger partial charge in [0.05, 0.1) is 19.8 Å². The Morgan fingerprint density at radius 2 is 2.35 bits per heavy atom. The van der Waals surface area contributed by atoms with Gasteiger partial charge in [0, 0.05) is 19.4 Å². The van der Waals surface area contributed by atoms with E-state index >= 15 is 0 Å². The van der Waals surface area contributed by atoms with Gasteiger partial charge in [0.1, 0.15) is 6.04 Å². The molecule has 1 aromatic rings. The Morgan fingerprint density at radius 3 is 3.00 bits per heavy atom. The van der Waals surface area contributed by atoms with Crippen molar-refractivity contribution in [3.05, 3.63) is 11.7 Å². The fraction of sp³-hybridized carbons (Fsp3) is 0.769. The van der Waals surface area contributed by atoms with Crippen molar-refractivity contribution in [1.82, 2.24) is 15.0 Å². The number of β-amino-alcohol motifs (C(OH)–C–C–N with tert-alkyl or cyclic N) is 1. The molecule has 1 aromatic heterocycles. The molecule has 0 aliphatic carbocycles. The third-order valence-corrected chi connectivity index (χ3v) is 3.29. The maximum atomic E-state index is 11.7. The van der Waals surface area contributed by atoms with Crippen LogP contribution in [0.2, 0.25) is 0 Å². The summed E-state index contributed by atoms with van der Waals surface area (Å²) in [7, 11) is 1.35. The normalized spacial score (nSPS) is 23.4. The molecule has 1 saturated heterocycles. The van der Waals surface area contributed by atoms with Gasteiger partial charge in [-0.05, 0) is 5.92 Å². The Bertz CT molecular complexity index is 460. The number of esters is 1. The van der Waals surface area contributed by atoms with Crippen LogP contribution in [0.15, 0.2) is 4.52 Å². The van der Waals surface area contributed by atoms with Crippen LogP contribution in [0.4, 0.5) is 0 Å². The lowest BCUT2D eigenvalue weighted by molar-refractivity contribution is -0.146. The van der Waals surface area contributed by atoms with Gasteiger partial charge in [-0.15, -0.1) is 0 Å². The zero-order chi connectivity index (χ0) is 14.7. The minimum absolute atomic E-state index is 0.340. The highest BCUT2D eigenvalue weighted by Gasteiger charge is 2.37. The number of nitrogens with zero attached hydrogens (tertiary/aromatic N) is 3. The topological polar surface area (TPSA) is 88.7 Å². The Kier molecular flexibility index (Phi) is 4.72. The highest BCUT2D eigenvalue weighted by molar-refractivity contribution is 5.76. The van der Waals surface area contributed by atoms with Gasteiger partial charge in [0.25, 0.3) is 0 Å². The van der Waals surface area contributed by atoms with Crippen LogP contribution in [0.3, 0.4) is 0 Å². The number of ether oxygens (including phenoxy) is 1. The molecule has 112 valence electrons. The fourth-order valence-corrected chi connectivity index (χ4v) is 2.40. The molecule has 0 bridgehead atoms. The number of hydrogen-bond donors (Lipinski definition) is 1. The van der Waals surface area contributed by atoms with Crippen molar-refractivity contribution >= 4 is 5.97 Å². The number of aliphatic hydroxyl groups excluding tert-OH is 1. The van der Waals surface area contributed by atoms with Gasteiger partial charge < -0.3 is 14.4 Å². The Balaban J connectivity index is 2.00. The number of carbonyl (C=O) groups excluding carboxylic acids is 1. The van der Waals surface area contributed by atoms with Crippen molar-refractivity contribution in [1.29, 1.82) is 0 Å². The lowest BCUT2D eigenvalue weighted by Crippen LogP contribution is -2.36. The molecule has 0 amide bonds. The fourth-order valence-electron chi connectivity index (χ4n) is 2.40. The molecule has 2 rings (SSSR count). The predicted molar refractivity (Wildman–Crippen MR) is 69.7 cm³/mol. The standard InChI is InChI=1S/C13H21N3O4/c1-8(2)4-12-14-11(15-20-12)7-16-6-9(17)5-10(16)13(18)19-3/h8-10,17H,4-7H2,1-3H3. The molecule has 0 radical (unpaired) electrons. The van der Waals surface area contributed by atoms with Crippen LogP contribution < -0.4 is 0 Å². The van der Waals surface area contributed by atoms with E-state index in [4.69, 9.17) is 9.26 Å². The van der Waals surface area contributed by atoms with Crippen LogP contribution in [-0.2, 0) is 22.5 Å². The molecule has 2 atom stereocenters. The number of methoxy groups -OCH3 is 1. The van der Waals surface area contributed by atoms with Gasteiger partial charge in [-0.3, -0.25) is 9.69 Å². The maximum Gasteiger partial charge on any atom is 0.323 e. The molecular weight excluding hydrogens is 262 g/mol. The van der Waals surface area contributed by atoms with Gasteiger partial charge in [0.15, 0.2) is 5.82 Å². The molecule has 7 nitrogen and oxygen atoms in total. The van der Waals surface area contributed by atoms with E-state index in [1.54, 1.807) is 0 Å². The summed E-state index contributed by atoms with van der Waals surface area (Å²) in [6.45, 7) is 4.94. The first kappa shape index (κ1) is 14.9. The molecular formula is C13H21N3O4. The first-order valence-electron chi connectivity index (χ1n) is 6.81. The summed E-state index contributed by atoms with van der Waals surface area (Å²) in [5.41, 5.74) is 0. The SMILES string of the molecule is COC(=O)C1CC(O)CN1Cc1noc(CC(C)C)n1. The second kappa shape index (κ2) is 6.32. The highest BCUT2D eigenvalue weighted by Crippen LogP contribution is 2.21. The Hall–Kier alpha value is -1.47.